The average Bonchev–Trinajstić information content (AvgIpc) is 2.81. The summed E-state index contributed by atoms with van der Waals surface area (Å²) in [6.07, 6.45) is 0.940. The fourth-order valence-electron chi connectivity index (χ4n) is 2.39. The van der Waals surface area contributed by atoms with Crippen molar-refractivity contribution in [3.63, 3.8) is 0 Å². The first-order chi connectivity index (χ1) is 8.93. The van der Waals surface area contributed by atoms with Gasteiger partial charge in [0.2, 0.25) is 5.76 Å². The highest BCUT2D eigenvalue weighted by Crippen LogP contribution is 2.19. The van der Waals surface area contributed by atoms with Gasteiger partial charge in [-0.25, -0.2) is 4.79 Å². The van der Waals surface area contributed by atoms with Crippen molar-refractivity contribution >= 4 is 5.97 Å². The van der Waals surface area contributed by atoms with E-state index >= 15 is 0 Å². The number of nitrogens with zero attached hydrogens (tertiary/aromatic N) is 2. The number of aryl methyl sites for hydroxylation is 2. The summed E-state index contributed by atoms with van der Waals surface area (Å²) in [5.74, 6) is -0.415. The second kappa shape index (κ2) is 4.91. The Morgan fingerprint density at radius 2 is 2.11 bits per heavy atom. The first-order valence-electron chi connectivity index (χ1n) is 6.29. The Balaban J connectivity index is 2.31. The Labute approximate surface area is 111 Å². The predicted molar refractivity (Wildman–Crippen MR) is 70.6 cm³/mol. The van der Waals surface area contributed by atoms with Gasteiger partial charge in [-0.3, -0.25) is 4.68 Å². The third kappa shape index (κ3) is 2.41. The van der Waals surface area contributed by atoms with Crippen molar-refractivity contribution in [2.24, 2.45) is 0 Å². The van der Waals surface area contributed by atoms with E-state index in [0.29, 0.717) is 17.9 Å². The average molecular weight is 262 g/mol. The van der Waals surface area contributed by atoms with E-state index in [9.17, 15) is 4.79 Å². The number of carbonyl (C=O) groups is 1. The van der Waals surface area contributed by atoms with Gasteiger partial charge >= 0.3 is 5.97 Å². The van der Waals surface area contributed by atoms with Crippen molar-refractivity contribution in [2.75, 3.05) is 0 Å². The highest BCUT2D eigenvalue weighted by molar-refractivity contribution is 5.86. The molecule has 0 amide bonds. The van der Waals surface area contributed by atoms with Gasteiger partial charge < -0.3 is 9.52 Å². The van der Waals surface area contributed by atoms with E-state index in [4.69, 9.17) is 9.52 Å². The number of carboxylic acids is 1. The number of aromatic nitrogens is 2. The molecule has 0 aliphatic heterocycles. The molecule has 2 heterocycles. The first kappa shape index (κ1) is 13.4. The van der Waals surface area contributed by atoms with Gasteiger partial charge in [-0.05, 0) is 38.8 Å². The van der Waals surface area contributed by atoms with E-state index in [1.54, 1.807) is 13.0 Å². The Kier molecular flexibility index (Phi) is 3.46. The van der Waals surface area contributed by atoms with Crippen LogP contribution in [0.4, 0.5) is 0 Å². The fraction of sp³-hybridized carbons (Fsp3) is 0.429. The zero-order valence-electron chi connectivity index (χ0n) is 11.6. The maximum Gasteiger partial charge on any atom is 0.372 e. The fourth-order valence-corrected chi connectivity index (χ4v) is 2.39. The van der Waals surface area contributed by atoms with Crippen LogP contribution in [-0.2, 0) is 13.0 Å². The summed E-state index contributed by atoms with van der Waals surface area (Å²) in [5, 5.41) is 13.4. The topological polar surface area (TPSA) is 68.3 Å². The largest absolute Gasteiger partial charge is 0.475 e. The third-order valence-corrected chi connectivity index (χ3v) is 3.35. The molecular formula is C14H18N2O3. The minimum Gasteiger partial charge on any atom is -0.475 e. The van der Waals surface area contributed by atoms with Gasteiger partial charge in [0.25, 0.3) is 0 Å². The molecule has 2 rings (SSSR count). The molecule has 0 aliphatic rings. The lowest BCUT2D eigenvalue weighted by atomic mass is 10.1. The predicted octanol–water partition coefficient (Wildman–Crippen LogP) is 2.71. The molecule has 0 radical (unpaired) electrons. The third-order valence-electron chi connectivity index (χ3n) is 3.35. The summed E-state index contributed by atoms with van der Waals surface area (Å²) in [7, 11) is 0. The summed E-state index contributed by atoms with van der Waals surface area (Å²) in [6, 6.07) is 1.76. The minimum absolute atomic E-state index is 0.00671. The number of hydrogen-bond donors (Lipinski definition) is 1. The maximum atomic E-state index is 10.9. The van der Waals surface area contributed by atoms with Gasteiger partial charge in [-0.2, -0.15) is 5.10 Å². The Morgan fingerprint density at radius 1 is 1.42 bits per heavy atom. The number of rotatable bonds is 4. The molecule has 19 heavy (non-hydrogen) atoms. The van der Waals surface area contributed by atoms with E-state index in [0.717, 1.165) is 17.8 Å². The molecule has 2 aromatic heterocycles. The van der Waals surface area contributed by atoms with Gasteiger partial charge in [0, 0.05) is 11.3 Å². The van der Waals surface area contributed by atoms with Gasteiger partial charge in [0.05, 0.1) is 12.2 Å². The van der Waals surface area contributed by atoms with Crippen molar-refractivity contribution in [2.45, 2.75) is 40.7 Å². The number of furan rings is 1. The SMILES string of the molecule is CCc1c(C)nn(Cc2cc(C)c(C(=O)O)o2)c1C. The zero-order chi connectivity index (χ0) is 14.2. The molecule has 102 valence electrons. The normalized spacial score (nSPS) is 10.9. The van der Waals surface area contributed by atoms with Crippen LogP contribution in [-0.4, -0.2) is 20.9 Å². The quantitative estimate of drug-likeness (QED) is 0.919. The molecule has 0 saturated carbocycles. The first-order valence-corrected chi connectivity index (χ1v) is 6.29. The minimum atomic E-state index is -1.04. The molecular weight excluding hydrogens is 244 g/mol. The molecule has 0 bridgehead atoms. The molecule has 0 atom stereocenters. The molecule has 0 saturated heterocycles. The van der Waals surface area contributed by atoms with Crippen molar-refractivity contribution in [1.29, 1.82) is 0 Å². The summed E-state index contributed by atoms with van der Waals surface area (Å²) < 4.78 is 7.22. The Hall–Kier alpha value is -2.04. The highest BCUT2D eigenvalue weighted by Gasteiger charge is 2.16. The van der Waals surface area contributed by atoms with E-state index in [1.807, 2.05) is 18.5 Å². The lowest BCUT2D eigenvalue weighted by Gasteiger charge is -2.02. The Morgan fingerprint density at radius 3 is 2.58 bits per heavy atom. The van der Waals surface area contributed by atoms with E-state index in [-0.39, 0.29) is 5.76 Å². The maximum absolute atomic E-state index is 10.9. The molecule has 0 spiro atoms. The van der Waals surface area contributed by atoms with E-state index < -0.39 is 5.97 Å². The van der Waals surface area contributed by atoms with Gasteiger partial charge in [-0.15, -0.1) is 0 Å². The van der Waals surface area contributed by atoms with Crippen LogP contribution in [0.3, 0.4) is 0 Å². The molecule has 0 aliphatic carbocycles. The molecule has 0 fully saturated rings. The monoisotopic (exact) mass is 262 g/mol. The molecule has 5 heteroatoms. The lowest BCUT2D eigenvalue weighted by molar-refractivity contribution is 0.0659. The summed E-state index contributed by atoms with van der Waals surface area (Å²) in [4.78, 5) is 10.9. The van der Waals surface area contributed by atoms with Crippen LogP contribution in [0, 0.1) is 20.8 Å². The molecule has 0 aromatic carbocycles. The summed E-state index contributed by atoms with van der Waals surface area (Å²) in [5.41, 5.74) is 3.99. The van der Waals surface area contributed by atoms with Crippen molar-refractivity contribution in [3.8, 4) is 0 Å². The zero-order valence-corrected chi connectivity index (χ0v) is 11.6. The van der Waals surface area contributed by atoms with Gasteiger partial charge in [0.1, 0.15) is 5.76 Å². The van der Waals surface area contributed by atoms with Crippen LogP contribution in [0.25, 0.3) is 0 Å². The number of aromatic carboxylic acids is 1. The smallest absolute Gasteiger partial charge is 0.372 e. The van der Waals surface area contributed by atoms with Crippen molar-refractivity contribution in [3.05, 3.63) is 40.1 Å². The second-order valence-corrected chi connectivity index (χ2v) is 4.69. The summed E-state index contributed by atoms with van der Waals surface area (Å²) >= 11 is 0. The number of carboxylic acid groups (broad SMARTS) is 1. The number of hydrogen-bond acceptors (Lipinski definition) is 3. The van der Waals surface area contributed by atoms with Crippen LogP contribution in [0.2, 0.25) is 0 Å². The molecule has 5 nitrogen and oxygen atoms in total. The van der Waals surface area contributed by atoms with Crippen LogP contribution < -0.4 is 0 Å². The standard InChI is InChI=1S/C14H18N2O3/c1-5-12-9(3)15-16(10(12)4)7-11-6-8(2)13(19-11)14(17)18/h6H,5,7H2,1-4H3,(H,17,18). The van der Waals surface area contributed by atoms with Crippen LogP contribution in [0.15, 0.2) is 10.5 Å². The molecule has 2 aromatic rings. The van der Waals surface area contributed by atoms with E-state index in [1.165, 1.54) is 5.56 Å². The lowest BCUT2D eigenvalue weighted by Crippen LogP contribution is -2.03. The van der Waals surface area contributed by atoms with Crippen LogP contribution >= 0.6 is 0 Å². The van der Waals surface area contributed by atoms with Crippen molar-refractivity contribution < 1.29 is 14.3 Å². The second-order valence-electron chi connectivity index (χ2n) is 4.69. The summed E-state index contributed by atoms with van der Waals surface area (Å²) in [6.45, 7) is 8.29. The molecule has 0 unspecified atom stereocenters. The highest BCUT2D eigenvalue weighted by atomic mass is 16.4. The van der Waals surface area contributed by atoms with Gasteiger partial charge in [0.15, 0.2) is 0 Å². The Bertz CT molecular complexity index is 623. The molecule has 1 N–H and O–H groups in total. The van der Waals surface area contributed by atoms with Crippen molar-refractivity contribution in [1.82, 2.24) is 9.78 Å². The van der Waals surface area contributed by atoms with E-state index in [2.05, 4.69) is 12.0 Å². The van der Waals surface area contributed by atoms with Crippen LogP contribution in [0.5, 0.6) is 0 Å². The van der Waals surface area contributed by atoms with Crippen LogP contribution in [0.1, 0.15) is 45.8 Å². The van der Waals surface area contributed by atoms with Gasteiger partial charge in [-0.1, -0.05) is 6.92 Å².